The van der Waals surface area contributed by atoms with Crippen molar-refractivity contribution in [3.63, 3.8) is 0 Å². The van der Waals surface area contributed by atoms with Crippen LogP contribution in [0.1, 0.15) is 25.7 Å². The fourth-order valence-electron chi connectivity index (χ4n) is 4.70. The summed E-state index contributed by atoms with van der Waals surface area (Å²) in [4.78, 5) is 25.7. The number of hydrogen-bond acceptors (Lipinski definition) is 6. The van der Waals surface area contributed by atoms with Crippen LogP contribution in [0.5, 0.6) is 0 Å². The van der Waals surface area contributed by atoms with Crippen LogP contribution in [0.15, 0.2) is 24.7 Å². The van der Waals surface area contributed by atoms with Gasteiger partial charge in [0.05, 0.1) is 11.9 Å². The van der Waals surface area contributed by atoms with Gasteiger partial charge in [-0.15, -0.1) is 0 Å². The minimum atomic E-state index is -2.67. The molecular weight excluding hydrogens is 380 g/mol. The zero-order valence-electron chi connectivity index (χ0n) is 16.1. The normalized spacial score (nSPS) is 25.8. The molecule has 1 saturated carbocycles. The summed E-state index contributed by atoms with van der Waals surface area (Å²) in [6.45, 7) is 1.32. The first-order valence-corrected chi connectivity index (χ1v) is 9.92. The maximum absolute atomic E-state index is 13.2. The van der Waals surface area contributed by atoms with Crippen molar-refractivity contribution >= 4 is 23.4 Å². The molecule has 2 saturated heterocycles. The molecule has 2 bridgehead atoms. The standard InChI is InChI=1S/C19H23F2N7O/c1-26-9-13(8-23-26)24-18-22-5-4-16(25-18)27-10-14-2-3-15(11-27)28(14)17(29)12-6-19(20,21)7-12/h4-5,8-9,12,14-15H,2-3,6-7,10-11H2,1H3,(H,22,24,25)/t14-,15?/m1/s1. The van der Waals surface area contributed by atoms with E-state index < -0.39 is 11.8 Å². The Morgan fingerprint density at radius 1 is 1.24 bits per heavy atom. The lowest BCUT2D eigenvalue weighted by atomic mass is 9.80. The first-order valence-electron chi connectivity index (χ1n) is 9.92. The SMILES string of the molecule is Cn1cc(Nc2nccc(N3CC4CC[C@H](C3)N4C(=O)C3CC(F)(F)C3)n2)cn1. The van der Waals surface area contributed by atoms with Gasteiger partial charge in [0.2, 0.25) is 17.8 Å². The molecule has 10 heteroatoms. The molecule has 3 aliphatic rings. The first kappa shape index (κ1) is 18.3. The lowest BCUT2D eigenvalue weighted by Gasteiger charge is -2.45. The summed E-state index contributed by atoms with van der Waals surface area (Å²) >= 11 is 0. The molecule has 8 nitrogen and oxygen atoms in total. The fourth-order valence-corrected chi connectivity index (χ4v) is 4.70. The van der Waals surface area contributed by atoms with Gasteiger partial charge in [-0.25, -0.2) is 13.8 Å². The predicted octanol–water partition coefficient (Wildman–Crippen LogP) is 2.18. The summed E-state index contributed by atoms with van der Waals surface area (Å²) in [5, 5.41) is 7.26. The molecule has 154 valence electrons. The Balaban J connectivity index is 1.27. The Hall–Kier alpha value is -2.78. The number of anilines is 3. The van der Waals surface area contributed by atoms with Crippen molar-refractivity contribution in [3.8, 4) is 0 Å². The number of halogens is 2. The third-order valence-electron chi connectivity index (χ3n) is 6.10. The average molecular weight is 403 g/mol. The van der Waals surface area contributed by atoms with Gasteiger partial charge >= 0.3 is 0 Å². The number of carbonyl (C=O) groups excluding carboxylic acids is 1. The van der Waals surface area contributed by atoms with E-state index >= 15 is 0 Å². The van der Waals surface area contributed by atoms with Crippen molar-refractivity contribution in [1.29, 1.82) is 0 Å². The fraction of sp³-hybridized carbons (Fsp3) is 0.579. The number of aromatic nitrogens is 4. The highest BCUT2D eigenvalue weighted by atomic mass is 19.3. The molecule has 2 aromatic heterocycles. The molecule has 4 heterocycles. The Morgan fingerprint density at radius 2 is 1.97 bits per heavy atom. The van der Waals surface area contributed by atoms with Crippen molar-refractivity contribution in [2.24, 2.45) is 13.0 Å². The topological polar surface area (TPSA) is 79.2 Å². The maximum atomic E-state index is 13.2. The van der Waals surface area contributed by atoms with Gasteiger partial charge in [-0.2, -0.15) is 10.1 Å². The van der Waals surface area contributed by atoms with Crippen molar-refractivity contribution in [2.75, 3.05) is 23.3 Å². The highest BCUT2D eigenvalue weighted by molar-refractivity contribution is 5.81. The van der Waals surface area contributed by atoms with E-state index in [1.54, 1.807) is 17.1 Å². The minimum Gasteiger partial charge on any atom is -0.352 e. The maximum Gasteiger partial charge on any atom is 0.249 e. The molecule has 1 N–H and O–H groups in total. The monoisotopic (exact) mass is 403 g/mol. The second kappa shape index (κ2) is 6.64. The lowest BCUT2D eigenvalue weighted by molar-refractivity contribution is -0.162. The van der Waals surface area contributed by atoms with Crippen LogP contribution in [-0.4, -0.2) is 61.7 Å². The number of rotatable bonds is 4. The first-order chi connectivity index (χ1) is 13.9. The zero-order chi connectivity index (χ0) is 20.2. The van der Waals surface area contributed by atoms with Crippen LogP contribution in [0, 0.1) is 5.92 Å². The largest absolute Gasteiger partial charge is 0.352 e. The Morgan fingerprint density at radius 3 is 2.59 bits per heavy atom. The molecule has 5 rings (SSSR count). The molecule has 1 unspecified atom stereocenters. The number of amides is 1. The third kappa shape index (κ3) is 3.40. The summed E-state index contributed by atoms with van der Waals surface area (Å²) < 4.78 is 28.1. The van der Waals surface area contributed by atoms with Gasteiger partial charge in [-0.05, 0) is 18.9 Å². The summed E-state index contributed by atoms with van der Waals surface area (Å²) in [5.74, 6) is -2.00. The van der Waals surface area contributed by atoms with Crippen molar-refractivity contribution in [1.82, 2.24) is 24.6 Å². The molecule has 3 fully saturated rings. The Labute approximate surface area is 166 Å². The van der Waals surface area contributed by atoms with Crippen LogP contribution >= 0.6 is 0 Å². The number of carbonyl (C=O) groups is 1. The van der Waals surface area contributed by atoms with E-state index in [1.807, 2.05) is 24.2 Å². The van der Waals surface area contributed by atoms with E-state index in [4.69, 9.17) is 0 Å². The van der Waals surface area contributed by atoms with E-state index in [0.717, 1.165) is 24.3 Å². The smallest absolute Gasteiger partial charge is 0.249 e. The molecule has 2 atom stereocenters. The van der Waals surface area contributed by atoms with Gasteiger partial charge in [0, 0.05) is 63.4 Å². The molecule has 0 radical (unpaired) electrons. The molecular formula is C19H23F2N7O. The number of nitrogens with one attached hydrogen (secondary N) is 1. The Kier molecular flexibility index (Phi) is 4.18. The highest BCUT2D eigenvalue weighted by Gasteiger charge is 2.53. The summed E-state index contributed by atoms with van der Waals surface area (Å²) in [7, 11) is 1.84. The summed E-state index contributed by atoms with van der Waals surface area (Å²) in [5.41, 5.74) is 0.803. The molecule has 2 aromatic rings. The van der Waals surface area contributed by atoms with Gasteiger partial charge in [0.25, 0.3) is 0 Å². The molecule has 1 amide bonds. The van der Waals surface area contributed by atoms with Crippen molar-refractivity contribution in [3.05, 3.63) is 24.7 Å². The number of hydrogen-bond donors (Lipinski definition) is 1. The van der Waals surface area contributed by atoms with Gasteiger partial charge in [0.1, 0.15) is 5.82 Å². The zero-order valence-corrected chi connectivity index (χ0v) is 16.1. The number of fused-ring (bicyclic) bond motifs is 2. The minimum absolute atomic E-state index is 0.0557. The van der Waals surface area contributed by atoms with Gasteiger partial charge in [0.15, 0.2) is 0 Å². The number of alkyl halides is 2. The third-order valence-corrected chi connectivity index (χ3v) is 6.10. The van der Waals surface area contributed by atoms with Crippen LogP contribution in [0.4, 0.5) is 26.2 Å². The highest BCUT2D eigenvalue weighted by Crippen LogP contribution is 2.45. The molecule has 2 aliphatic heterocycles. The van der Waals surface area contributed by atoms with Crippen LogP contribution in [0.3, 0.4) is 0 Å². The number of piperazine rings is 1. The second-order valence-electron chi connectivity index (χ2n) is 8.26. The van der Waals surface area contributed by atoms with Crippen molar-refractivity contribution in [2.45, 2.75) is 43.7 Å². The van der Waals surface area contributed by atoms with Crippen molar-refractivity contribution < 1.29 is 13.6 Å². The van der Waals surface area contributed by atoms with Crippen LogP contribution in [0.25, 0.3) is 0 Å². The van der Waals surface area contributed by atoms with E-state index in [0.29, 0.717) is 19.0 Å². The summed E-state index contributed by atoms with van der Waals surface area (Å²) in [6, 6.07) is 1.97. The van der Waals surface area contributed by atoms with Gasteiger partial charge in [-0.1, -0.05) is 0 Å². The van der Waals surface area contributed by atoms with Crippen LogP contribution in [0.2, 0.25) is 0 Å². The van der Waals surface area contributed by atoms with Crippen LogP contribution in [-0.2, 0) is 11.8 Å². The predicted molar refractivity (Wildman–Crippen MR) is 102 cm³/mol. The molecule has 29 heavy (non-hydrogen) atoms. The molecule has 0 aromatic carbocycles. The van der Waals surface area contributed by atoms with Gasteiger partial charge in [-0.3, -0.25) is 9.48 Å². The second-order valence-corrected chi connectivity index (χ2v) is 8.26. The van der Waals surface area contributed by atoms with Gasteiger partial charge < -0.3 is 15.1 Å². The van der Waals surface area contributed by atoms with E-state index in [9.17, 15) is 13.6 Å². The van der Waals surface area contributed by atoms with E-state index in [1.165, 1.54) is 0 Å². The summed E-state index contributed by atoms with van der Waals surface area (Å²) in [6.07, 6.45) is 6.44. The lowest BCUT2D eigenvalue weighted by Crippen LogP contribution is -2.59. The average Bonchev–Trinajstić information content (AvgIpc) is 3.18. The van der Waals surface area contributed by atoms with Crippen LogP contribution < -0.4 is 10.2 Å². The van der Waals surface area contributed by atoms with E-state index in [2.05, 4.69) is 25.3 Å². The quantitative estimate of drug-likeness (QED) is 0.843. The Bertz CT molecular complexity index is 911. The number of aryl methyl sites for hydroxylation is 1. The van der Waals surface area contributed by atoms with E-state index in [-0.39, 0.29) is 30.8 Å². The molecule has 1 aliphatic carbocycles. The molecule has 0 spiro atoms. The number of nitrogens with zero attached hydrogens (tertiary/aromatic N) is 6.